The van der Waals surface area contributed by atoms with Gasteiger partial charge in [0.25, 0.3) is 5.91 Å². The fraction of sp³-hybridized carbons (Fsp3) is 0.571. The third-order valence-corrected chi connectivity index (χ3v) is 5.23. The predicted octanol–water partition coefficient (Wildman–Crippen LogP) is 3.19. The molecule has 0 unspecified atom stereocenters. The molecule has 1 aliphatic rings. The molecule has 0 radical (unpaired) electrons. The van der Waals surface area contributed by atoms with E-state index in [4.69, 9.17) is 16.7 Å². The van der Waals surface area contributed by atoms with Crippen molar-refractivity contribution in [3.05, 3.63) is 34.9 Å². The molecule has 4 nitrogen and oxygen atoms in total. The standard InChI is InChI=1S/C21H29ClN2O2/c1-2-24(14-15-25)13-3-4-17-5-7-18(8-6-17)16-23-21(26)19-9-11-20(22)12-10-19/h9-12,17-18,25H,2,5-8,13-16H2,1H3,(H,23,26). The van der Waals surface area contributed by atoms with Crippen molar-refractivity contribution in [2.45, 2.75) is 32.6 Å². The number of nitrogens with zero attached hydrogens (tertiary/aromatic N) is 1. The quantitative estimate of drug-likeness (QED) is 0.718. The average molecular weight is 377 g/mol. The summed E-state index contributed by atoms with van der Waals surface area (Å²) >= 11 is 5.85. The fourth-order valence-corrected chi connectivity index (χ4v) is 3.37. The first-order valence-electron chi connectivity index (χ1n) is 9.47. The van der Waals surface area contributed by atoms with Crippen LogP contribution in [-0.4, -0.2) is 48.7 Å². The number of amides is 1. The van der Waals surface area contributed by atoms with Crippen molar-refractivity contribution in [1.29, 1.82) is 0 Å². The molecule has 0 spiro atoms. The normalized spacial score (nSPS) is 19.7. The zero-order chi connectivity index (χ0) is 18.8. The van der Waals surface area contributed by atoms with Crippen molar-refractivity contribution >= 4 is 17.5 Å². The minimum atomic E-state index is -0.0351. The lowest BCUT2D eigenvalue weighted by molar-refractivity contribution is 0.0942. The summed E-state index contributed by atoms with van der Waals surface area (Å²) < 4.78 is 0. The summed E-state index contributed by atoms with van der Waals surface area (Å²) in [5.74, 6) is 7.62. The summed E-state index contributed by atoms with van der Waals surface area (Å²) in [6.45, 7) is 5.32. The summed E-state index contributed by atoms with van der Waals surface area (Å²) in [4.78, 5) is 14.3. The highest BCUT2D eigenvalue weighted by Gasteiger charge is 2.20. The van der Waals surface area contributed by atoms with E-state index in [0.717, 1.165) is 45.3 Å². The number of likely N-dealkylation sites (N-methyl/N-ethyl adjacent to an activating group) is 1. The monoisotopic (exact) mass is 376 g/mol. The molecule has 1 aliphatic carbocycles. The summed E-state index contributed by atoms with van der Waals surface area (Å²) in [7, 11) is 0. The Hall–Kier alpha value is -1.54. The molecule has 0 aliphatic heterocycles. The molecule has 5 heteroatoms. The molecule has 2 N–H and O–H groups in total. The fourth-order valence-electron chi connectivity index (χ4n) is 3.24. The van der Waals surface area contributed by atoms with E-state index in [1.54, 1.807) is 24.3 Å². The van der Waals surface area contributed by atoms with E-state index in [9.17, 15) is 4.79 Å². The highest BCUT2D eigenvalue weighted by molar-refractivity contribution is 6.30. The number of carbonyl (C=O) groups excluding carboxylic acids is 1. The number of hydrogen-bond donors (Lipinski definition) is 2. The Morgan fingerprint density at radius 2 is 1.96 bits per heavy atom. The van der Waals surface area contributed by atoms with Crippen molar-refractivity contribution in [2.75, 3.05) is 32.8 Å². The lowest BCUT2D eigenvalue weighted by Crippen LogP contribution is -2.31. The summed E-state index contributed by atoms with van der Waals surface area (Å²) in [5, 5.41) is 12.7. The van der Waals surface area contributed by atoms with Crippen LogP contribution in [0.5, 0.6) is 0 Å². The second kappa shape index (κ2) is 11.2. The van der Waals surface area contributed by atoms with Gasteiger partial charge >= 0.3 is 0 Å². The van der Waals surface area contributed by atoms with Crippen LogP contribution in [-0.2, 0) is 0 Å². The van der Waals surface area contributed by atoms with E-state index in [0.29, 0.717) is 29.0 Å². The van der Waals surface area contributed by atoms with Crippen molar-refractivity contribution < 1.29 is 9.90 Å². The van der Waals surface area contributed by atoms with Gasteiger partial charge in [-0.1, -0.05) is 30.4 Å². The van der Waals surface area contributed by atoms with Crippen LogP contribution in [0.25, 0.3) is 0 Å². The molecule has 1 fully saturated rings. The largest absolute Gasteiger partial charge is 0.395 e. The first kappa shape index (κ1) is 20.8. The van der Waals surface area contributed by atoms with Gasteiger partial charge in [0.15, 0.2) is 0 Å². The molecule has 1 aromatic carbocycles. The summed E-state index contributed by atoms with van der Waals surface area (Å²) in [5.41, 5.74) is 0.650. The van der Waals surface area contributed by atoms with Gasteiger partial charge in [0.2, 0.25) is 0 Å². The Kier molecular flexibility index (Phi) is 8.97. The van der Waals surface area contributed by atoms with Crippen molar-refractivity contribution in [1.82, 2.24) is 10.2 Å². The minimum absolute atomic E-state index is 0.0351. The third-order valence-electron chi connectivity index (χ3n) is 4.98. The van der Waals surface area contributed by atoms with Gasteiger partial charge < -0.3 is 10.4 Å². The lowest BCUT2D eigenvalue weighted by Gasteiger charge is -2.26. The molecule has 0 heterocycles. The Balaban J connectivity index is 1.68. The van der Waals surface area contributed by atoms with Crippen LogP contribution in [0.4, 0.5) is 0 Å². The average Bonchev–Trinajstić information content (AvgIpc) is 2.67. The third kappa shape index (κ3) is 6.99. The minimum Gasteiger partial charge on any atom is -0.395 e. The van der Waals surface area contributed by atoms with Crippen LogP contribution >= 0.6 is 11.6 Å². The molecule has 1 saturated carbocycles. The lowest BCUT2D eigenvalue weighted by atomic mass is 9.82. The van der Waals surface area contributed by atoms with Gasteiger partial charge in [-0.2, -0.15) is 0 Å². The van der Waals surface area contributed by atoms with Crippen molar-refractivity contribution in [2.24, 2.45) is 11.8 Å². The number of benzene rings is 1. The summed E-state index contributed by atoms with van der Waals surface area (Å²) in [6.07, 6.45) is 4.41. The van der Waals surface area contributed by atoms with Gasteiger partial charge in [0.1, 0.15) is 0 Å². The summed E-state index contributed by atoms with van der Waals surface area (Å²) in [6, 6.07) is 6.97. The van der Waals surface area contributed by atoms with Gasteiger partial charge in [-0.25, -0.2) is 0 Å². The predicted molar refractivity (Wildman–Crippen MR) is 106 cm³/mol. The van der Waals surface area contributed by atoms with Crippen LogP contribution in [0.15, 0.2) is 24.3 Å². The van der Waals surface area contributed by atoms with Gasteiger partial charge in [-0.3, -0.25) is 9.69 Å². The Morgan fingerprint density at radius 1 is 1.27 bits per heavy atom. The number of carbonyl (C=O) groups is 1. The number of aliphatic hydroxyl groups is 1. The maximum Gasteiger partial charge on any atom is 0.251 e. The maximum absolute atomic E-state index is 12.2. The van der Waals surface area contributed by atoms with Crippen molar-refractivity contribution in [3.8, 4) is 11.8 Å². The Bertz CT molecular complexity index is 613. The van der Waals surface area contributed by atoms with Gasteiger partial charge in [-0.15, -0.1) is 0 Å². The van der Waals surface area contributed by atoms with Crippen LogP contribution in [0.2, 0.25) is 5.02 Å². The Labute approximate surface area is 161 Å². The molecule has 1 aromatic rings. The molecule has 2 rings (SSSR count). The molecule has 142 valence electrons. The first-order valence-corrected chi connectivity index (χ1v) is 9.85. The maximum atomic E-state index is 12.2. The van der Waals surface area contributed by atoms with E-state index >= 15 is 0 Å². The second-order valence-corrected chi connectivity index (χ2v) is 7.28. The van der Waals surface area contributed by atoms with E-state index in [-0.39, 0.29) is 12.5 Å². The van der Waals surface area contributed by atoms with E-state index in [1.807, 2.05) is 0 Å². The zero-order valence-corrected chi connectivity index (χ0v) is 16.3. The van der Waals surface area contributed by atoms with E-state index in [2.05, 4.69) is 29.0 Å². The van der Waals surface area contributed by atoms with Gasteiger partial charge in [-0.05, 0) is 62.4 Å². The molecule has 1 amide bonds. The first-order chi connectivity index (χ1) is 12.6. The van der Waals surface area contributed by atoms with E-state index in [1.165, 1.54) is 0 Å². The van der Waals surface area contributed by atoms with Crippen molar-refractivity contribution in [3.63, 3.8) is 0 Å². The molecular formula is C21H29ClN2O2. The molecule has 0 bridgehead atoms. The second-order valence-electron chi connectivity index (χ2n) is 6.85. The van der Waals surface area contributed by atoms with E-state index < -0.39 is 0 Å². The molecular weight excluding hydrogens is 348 g/mol. The smallest absolute Gasteiger partial charge is 0.251 e. The van der Waals surface area contributed by atoms with Crippen LogP contribution in [0.3, 0.4) is 0 Å². The number of halogens is 1. The van der Waals surface area contributed by atoms with Crippen LogP contribution in [0, 0.1) is 23.7 Å². The molecule has 0 aromatic heterocycles. The van der Waals surface area contributed by atoms with Gasteiger partial charge in [0.05, 0.1) is 13.2 Å². The number of aliphatic hydroxyl groups excluding tert-OH is 1. The van der Waals surface area contributed by atoms with Crippen LogP contribution in [0.1, 0.15) is 43.0 Å². The highest BCUT2D eigenvalue weighted by atomic mass is 35.5. The molecule has 26 heavy (non-hydrogen) atoms. The number of rotatable bonds is 7. The van der Waals surface area contributed by atoms with Gasteiger partial charge in [0, 0.05) is 29.6 Å². The van der Waals surface area contributed by atoms with Crippen LogP contribution < -0.4 is 5.32 Å². The molecule has 0 atom stereocenters. The number of nitrogens with one attached hydrogen (secondary N) is 1. The topological polar surface area (TPSA) is 52.6 Å². The highest BCUT2D eigenvalue weighted by Crippen LogP contribution is 2.27. The number of hydrogen-bond acceptors (Lipinski definition) is 3. The molecule has 0 saturated heterocycles. The zero-order valence-electron chi connectivity index (χ0n) is 15.5. The SMILES string of the molecule is CCN(CC#CC1CCC(CNC(=O)c2ccc(Cl)cc2)CC1)CCO. The Morgan fingerprint density at radius 3 is 2.58 bits per heavy atom.